The van der Waals surface area contributed by atoms with Crippen molar-refractivity contribution in [2.45, 2.75) is 19.2 Å². The van der Waals surface area contributed by atoms with Gasteiger partial charge in [0.1, 0.15) is 17.2 Å². The fraction of sp³-hybridized carbons (Fsp3) is 0.211. The summed E-state index contributed by atoms with van der Waals surface area (Å²) >= 11 is 0. The van der Waals surface area contributed by atoms with E-state index in [0.29, 0.717) is 5.75 Å². The molecule has 0 radical (unpaired) electrons. The van der Waals surface area contributed by atoms with Crippen LogP contribution in [0.2, 0.25) is 0 Å². The number of carbonyl (C=O) groups excluding carboxylic acids is 1. The van der Waals surface area contributed by atoms with Crippen molar-refractivity contribution in [3.05, 3.63) is 59.7 Å². The van der Waals surface area contributed by atoms with E-state index in [2.05, 4.69) is 0 Å². The molecule has 2 aromatic rings. The molecular formula is C19H15F3O4. The molecule has 4 nitrogen and oxygen atoms in total. The number of carbonyl (C=O) groups is 1. The van der Waals surface area contributed by atoms with Crippen molar-refractivity contribution < 1.29 is 32.2 Å². The Kier molecular flexibility index (Phi) is 4.88. The smallest absolute Gasteiger partial charge is 0.430 e. The molecular weight excluding hydrogens is 349 g/mol. The Morgan fingerprint density at radius 3 is 2.50 bits per heavy atom. The molecule has 0 aromatic heterocycles. The lowest BCUT2D eigenvalue weighted by Crippen LogP contribution is -2.40. The van der Waals surface area contributed by atoms with Crippen molar-refractivity contribution in [3.63, 3.8) is 0 Å². The zero-order chi connectivity index (χ0) is 18.7. The average molecular weight is 364 g/mol. The second-order valence-corrected chi connectivity index (χ2v) is 5.44. The van der Waals surface area contributed by atoms with Crippen molar-refractivity contribution in [1.82, 2.24) is 0 Å². The van der Waals surface area contributed by atoms with Crippen LogP contribution >= 0.6 is 0 Å². The third kappa shape index (κ3) is 3.66. The van der Waals surface area contributed by atoms with Crippen molar-refractivity contribution in [1.29, 1.82) is 0 Å². The zero-order valence-corrected chi connectivity index (χ0v) is 13.7. The van der Waals surface area contributed by atoms with Gasteiger partial charge in [-0.15, -0.1) is 0 Å². The summed E-state index contributed by atoms with van der Waals surface area (Å²) in [7, 11) is 0. The van der Waals surface area contributed by atoms with Gasteiger partial charge < -0.3 is 14.2 Å². The van der Waals surface area contributed by atoms with Gasteiger partial charge in [0.25, 0.3) is 0 Å². The van der Waals surface area contributed by atoms with E-state index in [1.54, 1.807) is 30.3 Å². The predicted molar refractivity (Wildman–Crippen MR) is 88.0 cm³/mol. The number of hydrogen-bond acceptors (Lipinski definition) is 4. The van der Waals surface area contributed by atoms with Gasteiger partial charge in [-0.3, -0.25) is 0 Å². The molecule has 1 heterocycles. The van der Waals surface area contributed by atoms with Crippen molar-refractivity contribution in [2.75, 3.05) is 6.61 Å². The molecule has 1 aliphatic heterocycles. The van der Waals surface area contributed by atoms with Crippen LogP contribution in [-0.4, -0.2) is 24.9 Å². The molecule has 0 aliphatic carbocycles. The minimum Gasteiger partial charge on any atom is -0.475 e. The lowest BCUT2D eigenvalue weighted by atomic mass is 10.0. The maximum Gasteiger partial charge on any atom is 0.430 e. The summed E-state index contributed by atoms with van der Waals surface area (Å²) in [6.45, 7) is 1.47. The van der Waals surface area contributed by atoms with Crippen molar-refractivity contribution >= 4 is 12.0 Å². The normalized spacial score (nSPS) is 16.2. The standard InChI is InChI=1S/C19H15F3O4/c1-2-24-18(23)14-11-13-15(25-12-7-4-3-5-8-12)9-6-10-16(13)26-17(14)19(20,21)22/h3-11,17H,2H2,1H3. The molecule has 0 N–H and O–H groups in total. The third-order valence-electron chi connectivity index (χ3n) is 3.63. The van der Waals surface area contributed by atoms with E-state index < -0.39 is 23.8 Å². The predicted octanol–water partition coefficient (Wildman–Crippen LogP) is 4.75. The van der Waals surface area contributed by atoms with E-state index in [4.69, 9.17) is 14.2 Å². The van der Waals surface area contributed by atoms with Crippen LogP contribution in [0.25, 0.3) is 6.08 Å². The van der Waals surface area contributed by atoms with Gasteiger partial charge in [-0.2, -0.15) is 13.2 Å². The highest BCUT2D eigenvalue weighted by Gasteiger charge is 2.49. The average Bonchev–Trinajstić information content (AvgIpc) is 2.61. The first-order chi connectivity index (χ1) is 12.4. The second-order valence-electron chi connectivity index (χ2n) is 5.44. The van der Waals surface area contributed by atoms with Gasteiger partial charge in [-0.25, -0.2) is 4.79 Å². The van der Waals surface area contributed by atoms with E-state index in [1.165, 1.54) is 19.1 Å². The highest BCUT2D eigenvalue weighted by atomic mass is 19.4. The summed E-state index contributed by atoms with van der Waals surface area (Å²) in [4.78, 5) is 12.0. The molecule has 0 bridgehead atoms. The molecule has 0 saturated heterocycles. The molecule has 7 heteroatoms. The highest BCUT2D eigenvalue weighted by Crippen LogP contribution is 2.42. The van der Waals surface area contributed by atoms with E-state index in [1.807, 2.05) is 6.07 Å². The number of esters is 1. The number of ether oxygens (including phenoxy) is 3. The molecule has 1 aliphatic rings. The zero-order valence-electron chi connectivity index (χ0n) is 13.7. The molecule has 1 unspecified atom stereocenters. The van der Waals surface area contributed by atoms with Gasteiger partial charge in [0.05, 0.1) is 17.7 Å². The number of alkyl halides is 3. The Balaban J connectivity index is 2.04. The van der Waals surface area contributed by atoms with Crippen LogP contribution in [0, 0.1) is 0 Å². The van der Waals surface area contributed by atoms with Crippen LogP contribution < -0.4 is 9.47 Å². The first-order valence-electron chi connectivity index (χ1n) is 7.88. The number of fused-ring (bicyclic) bond motifs is 1. The molecule has 136 valence electrons. The fourth-order valence-corrected chi connectivity index (χ4v) is 2.52. The monoisotopic (exact) mass is 364 g/mol. The van der Waals surface area contributed by atoms with Crippen LogP contribution in [0.3, 0.4) is 0 Å². The maximum absolute atomic E-state index is 13.3. The second kappa shape index (κ2) is 7.11. The summed E-state index contributed by atoms with van der Waals surface area (Å²) in [5, 5.41) is 0. The summed E-state index contributed by atoms with van der Waals surface area (Å²) in [5.74, 6) is -0.315. The van der Waals surface area contributed by atoms with Gasteiger partial charge in [0, 0.05) is 0 Å². The molecule has 0 fully saturated rings. The Morgan fingerprint density at radius 2 is 1.85 bits per heavy atom. The van der Waals surface area contributed by atoms with Crippen molar-refractivity contribution in [2.24, 2.45) is 0 Å². The van der Waals surface area contributed by atoms with Gasteiger partial charge >= 0.3 is 12.1 Å². The Hall–Kier alpha value is -2.96. The van der Waals surface area contributed by atoms with E-state index in [9.17, 15) is 18.0 Å². The van der Waals surface area contributed by atoms with Crippen molar-refractivity contribution in [3.8, 4) is 17.2 Å². The van der Waals surface area contributed by atoms with Crippen LogP contribution in [0.5, 0.6) is 17.2 Å². The Bertz CT molecular complexity index is 828. The number of para-hydroxylation sites is 1. The molecule has 26 heavy (non-hydrogen) atoms. The van der Waals surface area contributed by atoms with Gasteiger partial charge in [0.15, 0.2) is 0 Å². The van der Waals surface area contributed by atoms with Gasteiger partial charge in [0.2, 0.25) is 6.10 Å². The lowest BCUT2D eigenvalue weighted by molar-refractivity contribution is -0.187. The molecule has 0 saturated carbocycles. The number of hydrogen-bond donors (Lipinski definition) is 0. The maximum atomic E-state index is 13.3. The first kappa shape index (κ1) is 17.8. The van der Waals surface area contributed by atoms with Gasteiger partial charge in [-0.05, 0) is 37.3 Å². The Morgan fingerprint density at radius 1 is 1.12 bits per heavy atom. The molecule has 2 aromatic carbocycles. The van der Waals surface area contributed by atoms with Crippen LogP contribution in [0.1, 0.15) is 12.5 Å². The fourth-order valence-electron chi connectivity index (χ4n) is 2.52. The molecule has 0 amide bonds. The molecule has 0 spiro atoms. The first-order valence-corrected chi connectivity index (χ1v) is 7.88. The summed E-state index contributed by atoms with van der Waals surface area (Å²) in [5.41, 5.74) is -0.365. The van der Waals surface area contributed by atoms with E-state index >= 15 is 0 Å². The number of benzene rings is 2. The number of halogens is 3. The SMILES string of the molecule is CCOC(=O)C1=Cc2c(Oc3ccccc3)cccc2OC1C(F)(F)F. The summed E-state index contributed by atoms with van der Waals surface area (Å²) < 4.78 is 55.5. The minimum absolute atomic E-state index is 0.0196. The van der Waals surface area contributed by atoms with Crippen LogP contribution in [-0.2, 0) is 9.53 Å². The summed E-state index contributed by atoms with van der Waals surface area (Å²) in [6, 6.07) is 13.3. The largest absolute Gasteiger partial charge is 0.475 e. The third-order valence-corrected chi connectivity index (χ3v) is 3.63. The Labute approximate surface area is 147 Å². The summed E-state index contributed by atoms with van der Waals surface area (Å²) in [6.07, 6.45) is -6.03. The van der Waals surface area contributed by atoms with E-state index in [0.717, 1.165) is 6.08 Å². The molecule has 3 rings (SSSR count). The topological polar surface area (TPSA) is 44.8 Å². The van der Waals surface area contributed by atoms with Gasteiger partial charge in [-0.1, -0.05) is 24.3 Å². The van der Waals surface area contributed by atoms with E-state index in [-0.39, 0.29) is 23.7 Å². The quantitative estimate of drug-likeness (QED) is 0.735. The molecule has 1 atom stereocenters. The highest BCUT2D eigenvalue weighted by molar-refractivity contribution is 5.97. The van der Waals surface area contributed by atoms with Crippen LogP contribution in [0.4, 0.5) is 13.2 Å². The number of rotatable bonds is 4. The lowest BCUT2D eigenvalue weighted by Gasteiger charge is -2.28. The van der Waals surface area contributed by atoms with Crippen LogP contribution in [0.15, 0.2) is 54.1 Å². The minimum atomic E-state index is -4.76.